The zero-order chi connectivity index (χ0) is 12.4. The fourth-order valence-electron chi connectivity index (χ4n) is 2.65. The van der Waals surface area contributed by atoms with Gasteiger partial charge in [0.2, 0.25) is 0 Å². The third-order valence-electron chi connectivity index (χ3n) is 3.54. The van der Waals surface area contributed by atoms with Gasteiger partial charge in [0, 0.05) is 18.4 Å². The Balaban J connectivity index is 2.07. The van der Waals surface area contributed by atoms with Crippen LogP contribution < -0.4 is 5.32 Å². The Morgan fingerprint density at radius 2 is 2.22 bits per heavy atom. The summed E-state index contributed by atoms with van der Waals surface area (Å²) < 4.78 is 2.22. The molecule has 0 bridgehead atoms. The van der Waals surface area contributed by atoms with E-state index in [9.17, 15) is 0 Å². The summed E-state index contributed by atoms with van der Waals surface area (Å²) in [6, 6.07) is 2.07. The van der Waals surface area contributed by atoms with Gasteiger partial charge in [-0.1, -0.05) is 0 Å². The summed E-state index contributed by atoms with van der Waals surface area (Å²) in [5.74, 6) is 0. The van der Waals surface area contributed by atoms with Crippen LogP contribution in [0.2, 0.25) is 0 Å². The van der Waals surface area contributed by atoms with Gasteiger partial charge in [-0.25, -0.2) is 4.98 Å². The monoisotopic (exact) mass is 242 g/mol. The van der Waals surface area contributed by atoms with Crippen molar-refractivity contribution in [2.45, 2.75) is 32.2 Å². The van der Waals surface area contributed by atoms with E-state index in [0.29, 0.717) is 0 Å². The summed E-state index contributed by atoms with van der Waals surface area (Å²) in [6.45, 7) is 0.852. The van der Waals surface area contributed by atoms with E-state index < -0.39 is 0 Å². The highest BCUT2D eigenvalue weighted by molar-refractivity contribution is 5.41. The third-order valence-corrected chi connectivity index (χ3v) is 3.54. The van der Waals surface area contributed by atoms with Crippen LogP contribution in [0.5, 0.6) is 0 Å². The lowest BCUT2D eigenvalue weighted by Gasteiger charge is -2.16. The van der Waals surface area contributed by atoms with Crippen molar-refractivity contribution in [3.05, 3.63) is 41.7 Å². The van der Waals surface area contributed by atoms with Crippen molar-refractivity contribution in [3.8, 4) is 5.69 Å². The molecule has 0 aliphatic heterocycles. The number of aromatic nitrogens is 3. The molecular formula is C14H18N4. The minimum atomic E-state index is 0.852. The molecule has 0 saturated heterocycles. The number of hydrogen-bond donors (Lipinski definition) is 1. The van der Waals surface area contributed by atoms with Gasteiger partial charge in [-0.15, -0.1) is 0 Å². The second kappa shape index (κ2) is 4.90. The minimum Gasteiger partial charge on any atom is -0.316 e. The van der Waals surface area contributed by atoms with Crippen molar-refractivity contribution in [1.82, 2.24) is 19.9 Å². The molecule has 0 amide bonds. The van der Waals surface area contributed by atoms with Crippen molar-refractivity contribution in [2.24, 2.45) is 0 Å². The molecule has 1 aliphatic carbocycles. The van der Waals surface area contributed by atoms with E-state index in [4.69, 9.17) is 0 Å². The Labute approximate surface area is 107 Å². The summed E-state index contributed by atoms with van der Waals surface area (Å²) in [6.07, 6.45) is 10.5. The van der Waals surface area contributed by atoms with Gasteiger partial charge in [-0.2, -0.15) is 0 Å². The van der Waals surface area contributed by atoms with Crippen LogP contribution in [-0.4, -0.2) is 21.6 Å². The predicted molar refractivity (Wildman–Crippen MR) is 70.8 cm³/mol. The lowest BCUT2D eigenvalue weighted by molar-refractivity contribution is 0.654. The SMILES string of the molecule is CNCc1ccncc1-n1cnc2c1CCCC2. The molecule has 0 aromatic carbocycles. The van der Waals surface area contributed by atoms with Crippen LogP contribution in [0.4, 0.5) is 0 Å². The Morgan fingerprint density at radius 1 is 1.33 bits per heavy atom. The Morgan fingerprint density at radius 3 is 3.11 bits per heavy atom. The molecule has 2 aromatic rings. The molecule has 0 unspecified atom stereocenters. The predicted octanol–water partition coefficient (Wildman–Crippen LogP) is 1.87. The lowest BCUT2D eigenvalue weighted by Crippen LogP contribution is -2.12. The fraction of sp³-hybridized carbons (Fsp3) is 0.429. The Kier molecular flexibility index (Phi) is 3.11. The standard InChI is InChI=1S/C14H18N4/c1-15-8-11-6-7-16-9-14(11)18-10-17-12-4-2-3-5-13(12)18/h6-7,9-10,15H,2-5,8H2,1H3. The van der Waals surface area contributed by atoms with Gasteiger partial charge >= 0.3 is 0 Å². The maximum atomic E-state index is 4.55. The van der Waals surface area contributed by atoms with E-state index in [1.165, 1.54) is 29.8 Å². The molecule has 94 valence electrons. The van der Waals surface area contributed by atoms with Crippen LogP contribution in [0.1, 0.15) is 29.8 Å². The van der Waals surface area contributed by atoms with Crippen LogP contribution in [0.25, 0.3) is 5.69 Å². The van der Waals surface area contributed by atoms with E-state index in [2.05, 4.69) is 25.9 Å². The highest BCUT2D eigenvalue weighted by Crippen LogP contribution is 2.24. The van der Waals surface area contributed by atoms with Crippen LogP contribution in [0.15, 0.2) is 24.8 Å². The summed E-state index contributed by atoms with van der Waals surface area (Å²) in [5, 5.41) is 3.20. The van der Waals surface area contributed by atoms with E-state index >= 15 is 0 Å². The molecule has 0 atom stereocenters. The zero-order valence-corrected chi connectivity index (χ0v) is 10.7. The first kappa shape index (κ1) is 11.4. The van der Waals surface area contributed by atoms with Crippen LogP contribution in [0.3, 0.4) is 0 Å². The van der Waals surface area contributed by atoms with Gasteiger partial charge in [0.15, 0.2) is 0 Å². The van der Waals surface area contributed by atoms with Crippen molar-refractivity contribution in [1.29, 1.82) is 0 Å². The highest BCUT2D eigenvalue weighted by Gasteiger charge is 2.17. The van der Waals surface area contributed by atoms with E-state index in [0.717, 1.165) is 25.1 Å². The largest absolute Gasteiger partial charge is 0.316 e. The van der Waals surface area contributed by atoms with Crippen LogP contribution in [0, 0.1) is 0 Å². The van der Waals surface area contributed by atoms with Crippen molar-refractivity contribution in [2.75, 3.05) is 7.05 Å². The molecule has 0 saturated carbocycles. The first-order valence-electron chi connectivity index (χ1n) is 6.53. The van der Waals surface area contributed by atoms with Crippen molar-refractivity contribution < 1.29 is 0 Å². The molecule has 0 spiro atoms. The molecule has 4 heteroatoms. The molecule has 2 aromatic heterocycles. The second-order valence-corrected chi connectivity index (χ2v) is 4.75. The average molecular weight is 242 g/mol. The normalized spacial score (nSPS) is 14.5. The van der Waals surface area contributed by atoms with E-state index in [-0.39, 0.29) is 0 Å². The number of imidazole rings is 1. The topological polar surface area (TPSA) is 42.7 Å². The number of hydrogen-bond acceptors (Lipinski definition) is 3. The van der Waals surface area contributed by atoms with E-state index in [1.54, 1.807) is 0 Å². The number of rotatable bonds is 3. The molecule has 1 aliphatic rings. The van der Waals surface area contributed by atoms with E-state index in [1.807, 2.05) is 25.8 Å². The maximum Gasteiger partial charge on any atom is 0.0998 e. The molecule has 1 N–H and O–H groups in total. The second-order valence-electron chi connectivity index (χ2n) is 4.75. The number of pyridine rings is 1. The number of nitrogens with zero attached hydrogens (tertiary/aromatic N) is 3. The quantitative estimate of drug-likeness (QED) is 0.893. The summed E-state index contributed by atoms with van der Waals surface area (Å²) in [5.41, 5.74) is 5.05. The van der Waals surface area contributed by atoms with Crippen molar-refractivity contribution >= 4 is 0 Å². The van der Waals surface area contributed by atoms with Gasteiger partial charge in [-0.05, 0) is 44.4 Å². The maximum absolute atomic E-state index is 4.55. The molecule has 0 fully saturated rings. The van der Waals surface area contributed by atoms with Crippen LogP contribution >= 0.6 is 0 Å². The first-order valence-corrected chi connectivity index (χ1v) is 6.53. The molecule has 3 rings (SSSR count). The molecule has 4 nitrogen and oxygen atoms in total. The summed E-state index contributed by atoms with van der Waals surface area (Å²) >= 11 is 0. The van der Waals surface area contributed by atoms with Gasteiger partial charge < -0.3 is 9.88 Å². The zero-order valence-electron chi connectivity index (χ0n) is 10.7. The summed E-state index contributed by atoms with van der Waals surface area (Å²) in [4.78, 5) is 8.81. The summed E-state index contributed by atoms with van der Waals surface area (Å²) in [7, 11) is 1.97. The first-order chi connectivity index (χ1) is 8.90. The van der Waals surface area contributed by atoms with Gasteiger partial charge in [0.1, 0.15) is 0 Å². The van der Waals surface area contributed by atoms with Gasteiger partial charge in [0.25, 0.3) is 0 Å². The fourth-order valence-corrected chi connectivity index (χ4v) is 2.65. The minimum absolute atomic E-state index is 0.852. The average Bonchev–Trinajstić information content (AvgIpc) is 2.84. The van der Waals surface area contributed by atoms with Gasteiger partial charge in [0.05, 0.1) is 23.9 Å². The third kappa shape index (κ3) is 1.93. The van der Waals surface area contributed by atoms with Gasteiger partial charge in [-0.3, -0.25) is 4.98 Å². The number of nitrogens with one attached hydrogen (secondary N) is 1. The van der Waals surface area contributed by atoms with Crippen LogP contribution in [-0.2, 0) is 19.4 Å². The molecule has 2 heterocycles. The van der Waals surface area contributed by atoms with Crippen molar-refractivity contribution in [3.63, 3.8) is 0 Å². The Hall–Kier alpha value is -1.68. The smallest absolute Gasteiger partial charge is 0.0998 e. The number of fused-ring (bicyclic) bond motifs is 1. The molecule has 18 heavy (non-hydrogen) atoms. The highest BCUT2D eigenvalue weighted by atomic mass is 15.1. The molecule has 0 radical (unpaired) electrons. The Bertz CT molecular complexity index is 544. The lowest BCUT2D eigenvalue weighted by atomic mass is 10.0. The number of aryl methyl sites for hydroxylation is 1. The molecular weight excluding hydrogens is 224 g/mol.